The zero-order valence-corrected chi connectivity index (χ0v) is 14.6. The Morgan fingerprint density at radius 3 is 2.54 bits per heavy atom. The van der Waals surface area contributed by atoms with Gasteiger partial charge in [-0.15, -0.1) is 10.2 Å². The van der Waals surface area contributed by atoms with Crippen LogP contribution in [0.15, 0.2) is 83.2 Å². The third kappa shape index (κ3) is 2.95. The maximum atomic E-state index is 5.40. The summed E-state index contributed by atoms with van der Waals surface area (Å²) in [6.07, 6.45) is 1.94. The van der Waals surface area contributed by atoms with Crippen LogP contribution in [-0.2, 0) is 0 Å². The molecule has 0 aliphatic rings. The number of azo groups is 1. The predicted molar refractivity (Wildman–Crippen MR) is 103 cm³/mol. The third-order valence-electron chi connectivity index (χ3n) is 4.14. The average molecular weight is 342 g/mol. The highest BCUT2D eigenvalue weighted by Crippen LogP contribution is 2.34. The van der Waals surface area contributed by atoms with Gasteiger partial charge in [0.05, 0.1) is 7.11 Å². The van der Waals surface area contributed by atoms with E-state index in [1.54, 1.807) is 7.11 Å². The van der Waals surface area contributed by atoms with E-state index in [-0.39, 0.29) is 0 Å². The van der Waals surface area contributed by atoms with Crippen molar-refractivity contribution in [2.75, 3.05) is 7.11 Å². The normalized spacial score (nSPS) is 11.3. The molecular formula is C21H18N4O. The molecule has 0 N–H and O–H groups in total. The Balaban J connectivity index is 1.87. The van der Waals surface area contributed by atoms with E-state index >= 15 is 0 Å². The van der Waals surface area contributed by atoms with E-state index in [1.807, 2.05) is 84.3 Å². The fourth-order valence-electron chi connectivity index (χ4n) is 2.85. The highest BCUT2D eigenvalue weighted by Gasteiger charge is 2.13. The predicted octanol–water partition coefficient (Wildman–Crippen LogP) is 5.73. The number of hydrogen-bond acceptors (Lipinski definition) is 4. The van der Waals surface area contributed by atoms with Gasteiger partial charge >= 0.3 is 0 Å². The van der Waals surface area contributed by atoms with Crippen molar-refractivity contribution in [3.05, 3.63) is 78.5 Å². The van der Waals surface area contributed by atoms with Gasteiger partial charge in [0.2, 0.25) is 0 Å². The summed E-state index contributed by atoms with van der Waals surface area (Å²) >= 11 is 0. The number of methoxy groups -OCH3 is 1. The molecule has 0 atom stereocenters. The number of imidazole rings is 1. The number of nitrogens with zero attached hydrogens (tertiary/aromatic N) is 4. The summed E-state index contributed by atoms with van der Waals surface area (Å²) in [5, 5.41) is 8.99. The van der Waals surface area contributed by atoms with Crippen LogP contribution in [0.25, 0.3) is 16.9 Å². The quantitative estimate of drug-likeness (QED) is 0.444. The zero-order valence-electron chi connectivity index (χ0n) is 14.6. The SMILES string of the molecule is COc1ccc(C)cc1N=Nc1c(-c2ccccc2)nc2ccccn12. The van der Waals surface area contributed by atoms with E-state index in [4.69, 9.17) is 9.72 Å². The van der Waals surface area contributed by atoms with Gasteiger partial charge in [-0.1, -0.05) is 42.5 Å². The van der Waals surface area contributed by atoms with Crippen LogP contribution in [0.5, 0.6) is 5.75 Å². The van der Waals surface area contributed by atoms with Crippen LogP contribution in [0.3, 0.4) is 0 Å². The van der Waals surface area contributed by atoms with Crippen molar-refractivity contribution >= 4 is 17.2 Å². The second-order valence-corrected chi connectivity index (χ2v) is 5.95. The number of aromatic nitrogens is 2. The van der Waals surface area contributed by atoms with Gasteiger partial charge < -0.3 is 4.74 Å². The number of ether oxygens (including phenoxy) is 1. The maximum absolute atomic E-state index is 5.40. The molecule has 0 spiro atoms. The lowest BCUT2D eigenvalue weighted by Crippen LogP contribution is -1.84. The molecule has 4 aromatic rings. The number of pyridine rings is 1. The minimum Gasteiger partial charge on any atom is -0.494 e. The van der Waals surface area contributed by atoms with E-state index in [0.29, 0.717) is 17.3 Å². The molecule has 2 aromatic heterocycles. The smallest absolute Gasteiger partial charge is 0.187 e. The van der Waals surface area contributed by atoms with Crippen LogP contribution in [0.2, 0.25) is 0 Å². The molecule has 0 saturated heterocycles. The summed E-state index contributed by atoms with van der Waals surface area (Å²) in [5.74, 6) is 1.38. The Kier molecular flexibility index (Phi) is 4.19. The highest BCUT2D eigenvalue weighted by molar-refractivity contribution is 5.74. The van der Waals surface area contributed by atoms with Crippen LogP contribution in [0.1, 0.15) is 5.56 Å². The molecule has 0 aliphatic carbocycles. The highest BCUT2D eigenvalue weighted by atomic mass is 16.5. The molecule has 0 radical (unpaired) electrons. The standard InChI is InChI=1S/C21H18N4O/c1-15-11-12-18(26-2)17(14-15)23-24-21-20(16-8-4-3-5-9-16)22-19-10-6-7-13-25(19)21/h3-14H,1-2H3. The van der Waals surface area contributed by atoms with E-state index < -0.39 is 0 Å². The first kappa shape index (κ1) is 16.0. The molecule has 4 rings (SSSR count). The van der Waals surface area contributed by atoms with Gasteiger partial charge in [0.1, 0.15) is 22.8 Å². The van der Waals surface area contributed by atoms with Gasteiger partial charge in [0.15, 0.2) is 5.82 Å². The van der Waals surface area contributed by atoms with Crippen molar-refractivity contribution in [3.63, 3.8) is 0 Å². The first-order valence-electron chi connectivity index (χ1n) is 8.35. The topological polar surface area (TPSA) is 51.2 Å². The number of rotatable bonds is 4. The summed E-state index contributed by atoms with van der Waals surface area (Å²) in [7, 11) is 1.63. The average Bonchev–Trinajstić information content (AvgIpc) is 3.06. The molecule has 2 heterocycles. The minimum atomic E-state index is 0.689. The van der Waals surface area contributed by atoms with Crippen molar-refractivity contribution in [1.82, 2.24) is 9.38 Å². The minimum absolute atomic E-state index is 0.689. The Morgan fingerprint density at radius 2 is 1.73 bits per heavy atom. The maximum Gasteiger partial charge on any atom is 0.187 e. The van der Waals surface area contributed by atoms with Crippen molar-refractivity contribution in [2.45, 2.75) is 6.92 Å². The third-order valence-corrected chi connectivity index (χ3v) is 4.14. The fraction of sp³-hybridized carbons (Fsp3) is 0.0952. The van der Waals surface area contributed by atoms with Crippen LogP contribution >= 0.6 is 0 Å². The van der Waals surface area contributed by atoms with Gasteiger partial charge in [-0.2, -0.15) is 0 Å². The van der Waals surface area contributed by atoms with Crippen molar-refractivity contribution in [2.24, 2.45) is 10.2 Å². The lowest BCUT2D eigenvalue weighted by molar-refractivity contribution is 0.415. The van der Waals surface area contributed by atoms with Gasteiger partial charge in [0.25, 0.3) is 0 Å². The van der Waals surface area contributed by atoms with Gasteiger partial charge in [-0.3, -0.25) is 4.40 Å². The summed E-state index contributed by atoms with van der Waals surface area (Å²) < 4.78 is 7.34. The largest absolute Gasteiger partial charge is 0.494 e. The lowest BCUT2D eigenvalue weighted by Gasteiger charge is -2.04. The number of hydrogen-bond donors (Lipinski definition) is 0. The Hall–Kier alpha value is -3.47. The van der Waals surface area contributed by atoms with Crippen LogP contribution in [0.4, 0.5) is 11.5 Å². The summed E-state index contributed by atoms with van der Waals surface area (Å²) in [5.41, 5.74) is 4.42. The fourth-order valence-corrected chi connectivity index (χ4v) is 2.85. The van der Waals surface area contributed by atoms with Crippen LogP contribution < -0.4 is 4.74 Å². The molecule has 0 amide bonds. The molecular weight excluding hydrogens is 324 g/mol. The molecule has 0 fully saturated rings. The number of aryl methyl sites for hydroxylation is 1. The molecule has 0 aliphatic heterocycles. The van der Waals surface area contributed by atoms with Crippen LogP contribution in [0, 0.1) is 6.92 Å². The second-order valence-electron chi connectivity index (χ2n) is 5.95. The molecule has 5 nitrogen and oxygen atoms in total. The molecule has 0 saturated carbocycles. The summed E-state index contributed by atoms with van der Waals surface area (Å²) in [6, 6.07) is 21.7. The van der Waals surface area contributed by atoms with Crippen molar-refractivity contribution < 1.29 is 4.74 Å². The summed E-state index contributed by atoms with van der Waals surface area (Å²) in [4.78, 5) is 4.73. The Morgan fingerprint density at radius 1 is 0.923 bits per heavy atom. The Labute approximate surface area is 151 Å². The van der Waals surface area contributed by atoms with E-state index in [2.05, 4.69) is 10.2 Å². The van der Waals surface area contributed by atoms with Gasteiger partial charge in [0, 0.05) is 11.8 Å². The van der Waals surface area contributed by atoms with Crippen LogP contribution in [-0.4, -0.2) is 16.5 Å². The number of fused-ring (bicyclic) bond motifs is 1. The first-order valence-corrected chi connectivity index (χ1v) is 8.35. The van der Waals surface area contributed by atoms with Crippen molar-refractivity contribution in [3.8, 4) is 17.0 Å². The van der Waals surface area contributed by atoms with E-state index in [0.717, 1.165) is 22.5 Å². The lowest BCUT2D eigenvalue weighted by atomic mass is 10.1. The molecule has 2 aromatic carbocycles. The van der Waals surface area contributed by atoms with Gasteiger partial charge in [-0.25, -0.2) is 4.98 Å². The second kappa shape index (κ2) is 6.80. The summed E-state index contributed by atoms with van der Waals surface area (Å²) in [6.45, 7) is 2.02. The van der Waals surface area contributed by atoms with Crippen molar-refractivity contribution in [1.29, 1.82) is 0 Å². The first-order chi connectivity index (χ1) is 12.8. The molecule has 0 unspecified atom stereocenters. The molecule has 26 heavy (non-hydrogen) atoms. The molecule has 0 bridgehead atoms. The molecule has 128 valence electrons. The zero-order chi connectivity index (χ0) is 17.9. The molecule has 5 heteroatoms. The Bertz CT molecular complexity index is 1080. The monoisotopic (exact) mass is 342 g/mol. The number of benzene rings is 2. The van der Waals surface area contributed by atoms with E-state index in [9.17, 15) is 0 Å². The van der Waals surface area contributed by atoms with Gasteiger partial charge in [-0.05, 0) is 36.8 Å². The van der Waals surface area contributed by atoms with E-state index in [1.165, 1.54) is 0 Å².